The van der Waals surface area contributed by atoms with Crippen molar-refractivity contribution in [1.29, 1.82) is 0 Å². The maximum absolute atomic E-state index is 10.6. The van der Waals surface area contributed by atoms with Crippen molar-refractivity contribution in [3.05, 3.63) is 23.7 Å². The van der Waals surface area contributed by atoms with Gasteiger partial charge in [0, 0.05) is 6.21 Å². The van der Waals surface area contributed by atoms with E-state index in [9.17, 15) is 4.57 Å². The van der Waals surface area contributed by atoms with Gasteiger partial charge in [-0.05, 0) is 12.2 Å². The molecule has 0 aromatic rings. The van der Waals surface area contributed by atoms with Crippen LogP contribution in [-0.2, 0) is 4.57 Å². The summed E-state index contributed by atoms with van der Waals surface area (Å²) >= 11 is 0. The molecule has 11 heavy (non-hydrogen) atoms. The SMILES string of the molecule is O=P(O)(O)C1=CC=CC=NN1. The molecule has 0 radical (unpaired) electrons. The number of nitrogens with zero attached hydrogens (tertiary/aromatic N) is 1. The van der Waals surface area contributed by atoms with Crippen LogP contribution in [0.25, 0.3) is 0 Å². The van der Waals surface area contributed by atoms with Gasteiger partial charge < -0.3 is 9.79 Å². The van der Waals surface area contributed by atoms with E-state index in [4.69, 9.17) is 9.79 Å². The summed E-state index contributed by atoms with van der Waals surface area (Å²) in [5.41, 5.74) is 2.03. The highest BCUT2D eigenvalue weighted by atomic mass is 31.2. The van der Waals surface area contributed by atoms with Crippen molar-refractivity contribution in [3.63, 3.8) is 0 Å². The molecule has 0 bridgehead atoms. The Morgan fingerprint density at radius 2 is 2.18 bits per heavy atom. The fraction of sp³-hybridized carbons (Fsp3) is 0. The zero-order valence-electron chi connectivity index (χ0n) is 5.51. The van der Waals surface area contributed by atoms with Gasteiger partial charge in [-0.25, -0.2) is 0 Å². The lowest BCUT2D eigenvalue weighted by Crippen LogP contribution is -2.04. The van der Waals surface area contributed by atoms with Crippen LogP contribution in [0.2, 0.25) is 0 Å². The number of hydrogen-bond acceptors (Lipinski definition) is 3. The standard InChI is InChI=1S/C5H7N2O3P/c8-11(9,10)5-3-1-2-4-6-7-5/h1-4,7H,(H2,8,9,10). The van der Waals surface area contributed by atoms with E-state index in [1.54, 1.807) is 6.08 Å². The van der Waals surface area contributed by atoms with Gasteiger partial charge in [0.05, 0.1) is 0 Å². The summed E-state index contributed by atoms with van der Waals surface area (Å²) in [5, 5.41) is 3.50. The van der Waals surface area contributed by atoms with E-state index in [0.29, 0.717) is 0 Å². The molecule has 0 fully saturated rings. The van der Waals surface area contributed by atoms with Gasteiger partial charge in [0.15, 0.2) is 0 Å². The average Bonchev–Trinajstić information content (AvgIpc) is 2.10. The zero-order chi connectivity index (χ0) is 8.32. The predicted molar refractivity (Wildman–Crippen MR) is 40.9 cm³/mol. The Kier molecular flexibility index (Phi) is 2.24. The molecule has 0 aromatic carbocycles. The van der Waals surface area contributed by atoms with Gasteiger partial charge in [-0.3, -0.25) is 9.99 Å². The smallest absolute Gasteiger partial charge is 0.320 e. The highest BCUT2D eigenvalue weighted by molar-refractivity contribution is 7.56. The van der Waals surface area contributed by atoms with Gasteiger partial charge in [0.2, 0.25) is 0 Å². The second kappa shape index (κ2) is 3.00. The van der Waals surface area contributed by atoms with Crippen molar-refractivity contribution in [2.24, 2.45) is 5.10 Å². The Hall–Kier alpha value is -0.900. The highest BCUT2D eigenvalue weighted by Gasteiger charge is 2.19. The Morgan fingerprint density at radius 1 is 1.45 bits per heavy atom. The molecule has 1 rings (SSSR count). The molecule has 3 N–H and O–H groups in total. The van der Waals surface area contributed by atoms with Crippen molar-refractivity contribution >= 4 is 13.8 Å². The summed E-state index contributed by atoms with van der Waals surface area (Å²) in [6.07, 6.45) is 5.75. The van der Waals surface area contributed by atoms with E-state index >= 15 is 0 Å². The Balaban J connectivity index is 2.90. The number of allylic oxidation sites excluding steroid dienone is 3. The van der Waals surface area contributed by atoms with Gasteiger partial charge >= 0.3 is 7.60 Å². The van der Waals surface area contributed by atoms with Crippen molar-refractivity contribution in [2.45, 2.75) is 0 Å². The summed E-state index contributed by atoms with van der Waals surface area (Å²) in [5.74, 6) is 0. The molecule has 0 aromatic heterocycles. The van der Waals surface area contributed by atoms with Gasteiger partial charge in [-0.15, -0.1) is 0 Å². The fourth-order valence-electron chi connectivity index (χ4n) is 0.542. The molecule has 5 nitrogen and oxygen atoms in total. The molecular formula is C5H7N2O3P. The first kappa shape index (κ1) is 8.20. The van der Waals surface area contributed by atoms with Crippen LogP contribution in [0.4, 0.5) is 0 Å². The molecule has 6 heteroatoms. The Morgan fingerprint density at radius 3 is 2.82 bits per heavy atom. The number of hydrazone groups is 1. The molecule has 1 aliphatic heterocycles. The molecule has 0 aliphatic carbocycles. The van der Waals surface area contributed by atoms with Crippen molar-refractivity contribution < 1.29 is 14.4 Å². The number of hydrogen-bond donors (Lipinski definition) is 3. The van der Waals surface area contributed by atoms with Crippen LogP contribution < -0.4 is 5.43 Å². The summed E-state index contributed by atoms with van der Waals surface area (Å²) < 4.78 is 10.6. The number of nitrogens with one attached hydrogen (secondary N) is 1. The van der Waals surface area contributed by atoms with E-state index in [2.05, 4.69) is 10.5 Å². The minimum Gasteiger partial charge on any atom is -0.320 e. The lowest BCUT2D eigenvalue weighted by Gasteiger charge is -2.05. The van der Waals surface area contributed by atoms with Crippen LogP contribution in [0.5, 0.6) is 0 Å². The first-order chi connectivity index (χ1) is 5.11. The van der Waals surface area contributed by atoms with Gasteiger partial charge in [-0.1, -0.05) is 6.08 Å². The van der Waals surface area contributed by atoms with E-state index in [1.807, 2.05) is 0 Å². The van der Waals surface area contributed by atoms with Crippen LogP contribution >= 0.6 is 7.60 Å². The Labute approximate surface area is 63.3 Å². The molecule has 0 unspecified atom stereocenters. The molecule has 60 valence electrons. The predicted octanol–water partition coefficient (Wildman–Crippen LogP) is 0.151. The van der Waals surface area contributed by atoms with E-state index in [1.165, 1.54) is 18.4 Å². The van der Waals surface area contributed by atoms with Crippen molar-refractivity contribution in [1.82, 2.24) is 5.43 Å². The molecule has 0 amide bonds. The first-order valence-electron chi connectivity index (χ1n) is 2.83. The number of rotatable bonds is 1. The minimum atomic E-state index is -4.18. The van der Waals surface area contributed by atoms with Gasteiger partial charge in [0.25, 0.3) is 0 Å². The monoisotopic (exact) mass is 174 g/mol. The third-order valence-corrected chi connectivity index (χ3v) is 1.90. The summed E-state index contributed by atoms with van der Waals surface area (Å²) in [4.78, 5) is 17.3. The van der Waals surface area contributed by atoms with Crippen LogP contribution in [0.1, 0.15) is 0 Å². The largest absolute Gasteiger partial charge is 0.373 e. The normalized spacial score (nSPS) is 17.1. The van der Waals surface area contributed by atoms with Crippen LogP contribution in [0, 0.1) is 0 Å². The third-order valence-electron chi connectivity index (χ3n) is 1.02. The van der Waals surface area contributed by atoms with Crippen LogP contribution in [0.15, 0.2) is 28.8 Å². The van der Waals surface area contributed by atoms with Crippen LogP contribution in [-0.4, -0.2) is 16.0 Å². The molecule has 0 spiro atoms. The van der Waals surface area contributed by atoms with Crippen molar-refractivity contribution in [2.75, 3.05) is 0 Å². The first-order valence-corrected chi connectivity index (χ1v) is 4.44. The highest BCUT2D eigenvalue weighted by Crippen LogP contribution is 2.43. The second-order valence-electron chi connectivity index (χ2n) is 1.87. The molecule has 0 saturated carbocycles. The molecule has 1 heterocycles. The summed E-state index contributed by atoms with van der Waals surface area (Å²) in [6.45, 7) is 0. The Bertz CT molecular complexity index is 275. The van der Waals surface area contributed by atoms with Gasteiger partial charge in [0.1, 0.15) is 5.44 Å². The maximum atomic E-state index is 10.6. The topological polar surface area (TPSA) is 81.9 Å². The van der Waals surface area contributed by atoms with E-state index in [0.717, 1.165) is 0 Å². The van der Waals surface area contributed by atoms with Gasteiger partial charge in [-0.2, -0.15) is 5.10 Å². The van der Waals surface area contributed by atoms with E-state index in [-0.39, 0.29) is 5.44 Å². The quantitative estimate of drug-likeness (QED) is 0.494. The molecule has 0 saturated heterocycles. The lowest BCUT2D eigenvalue weighted by molar-refractivity contribution is 0.379. The third kappa shape index (κ3) is 2.31. The summed E-state index contributed by atoms with van der Waals surface area (Å²) in [6, 6.07) is 0. The molecular weight excluding hydrogens is 167 g/mol. The van der Waals surface area contributed by atoms with E-state index < -0.39 is 7.60 Å². The average molecular weight is 174 g/mol. The zero-order valence-corrected chi connectivity index (χ0v) is 6.40. The fourth-order valence-corrected chi connectivity index (χ4v) is 1.01. The van der Waals surface area contributed by atoms with Crippen molar-refractivity contribution in [3.8, 4) is 0 Å². The second-order valence-corrected chi connectivity index (χ2v) is 3.44. The molecule has 1 aliphatic rings. The maximum Gasteiger partial charge on any atom is 0.373 e. The summed E-state index contributed by atoms with van der Waals surface area (Å²) in [7, 11) is -4.18. The lowest BCUT2D eigenvalue weighted by atomic mass is 10.5. The minimum absolute atomic E-state index is 0.192. The molecule has 0 atom stereocenters. The van der Waals surface area contributed by atoms with Crippen LogP contribution in [0.3, 0.4) is 0 Å².